The summed E-state index contributed by atoms with van der Waals surface area (Å²) in [6.07, 6.45) is 2.65. The Bertz CT molecular complexity index is 541. The third kappa shape index (κ3) is 4.87. The highest BCUT2D eigenvalue weighted by atomic mass is 32.2. The first-order valence-electron chi connectivity index (χ1n) is 6.80. The number of rotatable bonds is 7. The molecule has 0 unspecified atom stereocenters. The fourth-order valence-electron chi connectivity index (χ4n) is 1.73. The third-order valence-electron chi connectivity index (χ3n) is 3.68. The topological polar surface area (TPSA) is 46.2 Å². The lowest BCUT2D eigenvalue weighted by Crippen LogP contribution is -2.44. The third-order valence-corrected chi connectivity index (χ3v) is 5.84. The van der Waals surface area contributed by atoms with Gasteiger partial charge in [-0.1, -0.05) is 18.2 Å². The zero-order chi connectivity index (χ0) is 15.4. The normalized spacial score (nSPS) is 14.2. The maximum atomic E-state index is 13.5. The molecule has 0 aromatic heterocycles. The van der Waals surface area contributed by atoms with Crippen molar-refractivity contribution in [2.45, 2.75) is 44.4 Å². The maximum Gasteiger partial charge on any atom is 0.153 e. The maximum absolute atomic E-state index is 13.5. The van der Waals surface area contributed by atoms with Crippen LogP contribution in [-0.4, -0.2) is 32.0 Å². The van der Waals surface area contributed by atoms with E-state index in [0.717, 1.165) is 6.42 Å². The van der Waals surface area contributed by atoms with E-state index in [9.17, 15) is 12.8 Å². The van der Waals surface area contributed by atoms with Crippen LogP contribution in [0.15, 0.2) is 24.3 Å². The number of benzene rings is 1. The molecule has 0 radical (unpaired) electrons. The zero-order valence-electron chi connectivity index (χ0n) is 12.6. The van der Waals surface area contributed by atoms with Gasteiger partial charge in [-0.05, 0) is 45.2 Å². The molecule has 0 saturated heterocycles. The van der Waals surface area contributed by atoms with Crippen molar-refractivity contribution in [3.8, 4) is 0 Å². The van der Waals surface area contributed by atoms with Crippen molar-refractivity contribution >= 4 is 9.84 Å². The van der Waals surface area contributed by atoms with Crippen LogP contribution in [0.4, 0.5) is 4.39 Å². The second-order valence-electron chi connectivity index (χ2n) is 5.94. The monoisotopic (exact) mass is 301 g/mol. The van der Waals surface area contributed by atoms with Gasteiger partial charge in [-0.3, -0.25) is 0 Å². The minimum atomic E-state index is -3.09. The van der Waals surface area contributed by atoms with Crippen molar-refractivity contribution in [2.24, 2.45) is 0 Å². The first-order chi connectivity index (χ1) is 9.13. The van der Waals surface area contributed by atoms with Gasteiger partial charge in [0.2, 0.25) is 0 Å². The molecule has 3 nitrogen and oxygen atoms in total. The summed E-state index contributed by atoms with van der Waals surface area (Å²) >= 11 is 0. The van der Waals surface area contributed by atoms with Crippen LogP contribution in [-0.2, 0) is 16.3 Å². The van der Waals surface area contributed by atoms with E-state index < -0.39 is 14.6 Å². The molecule has 0 saturated carbocycles. The zero-order valence-corrected chi connectivity index (χ0v) is 13.4. The van der Waals surface area contributed by atoms with E-state index in [-0.39, 0.29) is 11.9 Å². The average molecular weight is 301 g/mol. The number of aryl methyl sites for hydroxylation is 1. The lowest BCUT2D eigenvalue weighted by molar-refractivity contribution is 0.461. The number of hydrogen-bond donors (Lipinski definition) is 1. The van der Waals surface area contributed by atoms with Gasteiger partial charge in [0, 0.05) is 18.8 Å². The van der Waals surface area contributed by atoms with Gasteiger partial charge in [0.05, 0.1) is 4.75 Å². The predicted octanol–water partition coefficient (Wildman–Crippen LogP) is 2.56. The van der Waals surface area contributed by atoms with Crippen LogP contribution in [0.25, 0.3) is 0 Å². The van der Waals surface area contributed by atoms with Crippen molar-refractivity contribution in [3.05, 3.63) is 35.6 Å². The summed E-state index contributed by atoms with van der Waals surface area (Å²) < 4.78 is 35.9. The lowest BCUT2D eigenvalue weighted by atomic mass is 10.1. The molecule has 0 aliphatic carbocycles. The Kier molecular flexibility index (Phi) is 5.71. The van der Waals surface area contributed by atoms with Gasteiger partial charge in [0.15, 0.2) is 9.84 Å². The lowest BCUT2D eigenvalue weighted by Gasteiger charge is -2.25. The van der Waals surface area contributed by atoms with E-state index in [0.29, 0.717) is 18.5 Å². The predicted molar refractivity (Wildman–Crippen MR) is 81.1 cm³/mol. The largest absolute Gasteiger partial charge is 0.313 e. The Morgan fingerprint density at radius 1 is 1.30 bits per heavy atom. The molecule has 1 aromatic carbocycles. The van der Waals surface area contributed by atoms with Crippen LogP contribution in [0.5, 0.6) is 0 Å². The molecule has 1 N–H and O–H groups in total. The minimum absolute atomic E-state index is 0.135. The van der Waals surface area contributed by atoms with Crippen molar-refractivity contribution in [1.82, 2.24) is 5.32 Å². The van der Waals surface area contributed by atoms with Crippen molar-refractivity contribution in [2.75, 3.05) is 12.8 Å². The molecule has 0 aliphatic heterocycles. The molecule has 0 bridgehead atoms. The number of halogens is 1. The van der Waals surface area contributed by atoms with Crippen molar-refractivity contribution in [3.63, 3.8) is 0 Å². The van der Waals surface area contributed by atoms with Gasteiger partial charge >= 0.3 is 0 Å². The fourth-order valence-corrected chi connectivity index (χ4v) is 2.07. The first kappa shape index (κ1) is 17.1. The molecule has 0 aliphatic rings. The molecule has 0 amide bonds. The molecule has 20 heavy (non-hydrogen) atoms. The molecule has 0 fully saturated rings. The average Bonchev–Trinajstić information content (AvgIpc) is 2.34. The molecule has 1 rings (SSSR count). The van der Waals surface area contributed by atoms with Gasteiger partial charge in [0.1, 0.15) is 5.82 Å². The second kappa shape index (κ2) is 6.68. The molecule has 5 heteroatoms. The SMILES string of the molecule is C[C@@H](CCc1ccccc1F)NCC(C)(C)S(C)(=O)=O. The number of sulfone groups is 1. The fraction of sp³-hybridized carbons (Fsp3) is 0.600. The smallest absolute Gasteiger partial charge is 0.153 e. The number of nitrogens with one attached hydrogen (secondary N) is 1. The summed E-state index contributed by atoms with van der Waals surface area (Å²) in [4.78, 5) is 0. The quantitative estimate of drug-likeness (QED) is 0.842. The van der Waals surface area contributed by atoms with Crippen molar-refractivity contribution < 1.29 is 12.8 Å². The van der Waals surface area contributed by atoms with E-state index in [4.69, 9.17) is 0 Å². The Hall–Kier alpha value is -0.940. The van der Waals surface area contributed by atoms with Gasteiger partial charge in [-0.2, -0.15) is 0 Å². The second-order valence-corrected chi connectivity index (χ2v) is 8.59. The standard InChI is InChI=1S/C15H24FNO2S/c1-12(17-11-15(2,3)20(4,18)19)9-10-13-7-5-6-8-14(13)16/h5-8,12,17H,9-11H2,1-4H3/t12-/m0/s1. The van der Waals surface area contributed by atoms with Crippen LogP contribution in [0, 0.1) is 5.82 Å². The summed E-state index contributed by atoms with van der Waals surface area (Å²) in [6.45, 7) is 5.79. The first-order valence-corrected chi connectivity index (χ1v) is 8.69. The van der Waals surface area contributed by atoms with Crippen LogP contribution in [0.3, 0.4) is 0 Å². The molecule has 0 spiro atoms. The van der Waals surface area contributed by atoms with Gasteiger partial charge in [-0.25, -0.2) is 12.8 Å². The van der Waals surface area contributed by atoms with Gasteiger partial charge in [-0.15, -0.1) is 0 Å². The van der Waals surface area contributed by atoms with Gasteiger partial charge < -0.3 is 5.32 Å². The highest BCUT2D eigenvalue weighted by Crippen LogP contribution is 2.15. The number of hydrogen-bond acceptors (Lipinski definition) is 3. The summed E-state index contributed by atoms with van der Waals surface area (Å²) in [5, 5.41) is 3.22. The van der Waals surface area contributed by atoms with E-state index in [1.807, 2.05) is 13.0 Å². The molecule has 1 aromatic rings. The highest BCUT2D eigenvalue weighted by Gasteiger charge is 2.30. The van der Waals surface area contributed by atoms with Crippen LogP contribution < -0.4 is 5.32 Å². The summed E-state index contributed by atoms with van der Waals surface area (Å²) in [6, 6.07) is 6.87. The Balaban J connectivity index is 2.46. The van der Waals surface area contributed by atoms with E-state index in [1.165, 1.54) is 12.3 Å². The van der Waals surface area contributed by atoms with Crippen LogP contribution in [0.1, 0.15) is 32.8 Å². The molecule has 0 heterocycles. The Labute approximate surface area is 121 Å². The molecule has 1 atom stereocenters. The van der Waals surface area contributed by atoms with E-state index in [2.05, 4.69) is 5.32 Å². The minimum Gasteiger partial charge on any atom is -0.313 e. The van der Waals surface area contributed by atoms with E-state index in [1.54, 1.807) is 26.0 Å². The molecular formula is C15H24FNO2S. The summed E-state index contributed by atoms with van der Waals surface area (Å²) in [7, 11) is -3.09. The Morgan fingerprint density at radius 3 is 2.45 bits per heavy atom. The molecular weight excluding hydrogens is 277 g/mol. The molecule has 114 valence electrons. The Morgan fingerprint density at radius 2 is 1.90 bits per heavy atom. The summed E-state index contributed by atoms with van der Waals surface area (Å²) in [5.41, 5.74) is 0.698. The van der Waals surface area contributed by atoms with Crippen LogP contribution in [0.2, 0.25) is 0 Å². The van der Waals surface area contributed by atoms with Gasteiger partial charge in [0.25, 0.3) is 0 Å². The summed E-state index contributed by atoms with van der Waals surface area (Å²) in [5.74, 6) is -0.184. The van der Waals surface area contributed by atoms with E-state index >= 15 is 0 Å². The van der Waals surface area contributed by atoms with Crippen LogP contribution >= 0.6 is 0 Å². The highest BCUT2D eigenvalue weighted by molar-refractivity contribution is 7.92. The van der Waals surface area contributed by atoms with Crippen molar-refractivity contribution in [1.29, 1.82) is 0 Å².